The van der Waals surface area contributed by atoms with Crippen molar-refractivity contribution in [1.29, 1.82) is 5.26 Å². The third kappa shape index (κ3) is 1.86. The van der Waals surface area contributed by atoms with Gasteiger partial charge in [-0.25, -0.2) is 0 Å². The minimum absolute atomic E-state index is 0.565. The molecule has 11 heavy (non-hydrogen) atoms. The summed E-state index contributed by atoms with van der Waals surface area (Å²) in [5.74, 6) is 0. The van der Waals surface area contributed by atoms with Crippen LogP contribution in [0.15, 0.2) is 29.3 Å². The fraction of sp³-hybridized carbons (Fsp3) is 0. The van der Waals surface area contributed by atoms with Crippen LogP contribution in [-0.2, 0) is 0 Å². The van der Waals surface area contributed by atoms with Gasteiger partial charge in [0.2, 0.25) is 0 Å². The Balaban J connectivity index is 3.25. The minimum atomic E-state index is 0.565. The van der Waals surface area contributed by atoms with Gasteiger partial charge in [-0.3, -0.25) is 0 Å². The van der Waals surface area contributed by atoms with Crippen molar-refractivity contribution in [2.45, 2.75) is 0 Å². The fourth-order valence-corrected chi connectivity index (χ4v) is 0.921. The van der Waals surface area contributed by atoms with E-state index in [-0.39, 0.29) is 0 Å². The zero-order valence-corrected chi connectivity index (χ0v) is 7.33. The first-order valence-corrected chi connectivity index (χ1v) is 3.81. The quantitative estimate of drug-likeness (QED) is 0.504. The Bertz CT molecular complexity index is 345. The van der Waals surface area contributed by atoms with Gasteiger partial charge in [0.25, 0.3) is 0 Å². The molecular weight excluding hydrogens is 203 g/mol. The van der Waals surface area contributed by atoms with Crippen molar-refractivity contribution in [3.8, 4) is 6.07 Å². The van der Waals surface area contributed by atoms with Crippen molar-refractivity contribution in [2.75, 3.05) is 0 Å². The molecular formula is C8H4N2Se. The molecule has 0 heterocycles. The van der Waals surface area contributed by atoms with Gasteiger partial charge in [-0.2, -0.15) is 0 Å². The number of nitriles is 1. The van der Waals surface area contributed by atoms with Gasteiger partial charge >= 0.3 is 72.1 Å². The Kier molecular flexibility index (Phi) is 2.77. The summed E-state index contributed by atoms with van der Waals surface area (Å²) in [6.07, 6.45) is 0. The van der Waals surface area contributed by atoms with E-state index < -0.39 is 0 Å². The third-order valence-corrected chi connectivity index (χ3v) is 1.38. The van der Waals surface area contributed by atoms with Crippen LogP contribution in [-0.4, -0.2) is 20.3 Å². The van der Waals surface area contributed by atoms with Crippen molar-refractivity contribution in [2.24, 2.45) is 4.99 Å². The molecule has 3 heteroatoms. The van der Waals surface area contributed by atoms with E-state index in [1.54, 1.807) is 18.2 Å². The van der Waals surface area contributed by atoms with Gasteiger partial charge in [-0.15, -0.1) is 0 Å². The van der Waals surface area contributed by atoms with Crippen LogP contribution < -0.4 is 0 Å². The summed E-state index contributed by atoms with van der Waals surface area (Å²) in [5.41, 5.74) is 1.21. The van der Waals surface area contributed by atoms with E-state index in [1.807, 2.05) is 12.1 Å². The number of rotatable bonds is 1. The normalized spacial score (nSPS) is 7.91. The van der Waals surface area contributed by atoms with Crippen LogP contribution in [0, 0.1) is 11.3 Å². The number of benzene rings is 1. The van der Waals surface area contributed by atoms with Crippen LogP contribution in [0.2, 0.25) is 0 Å². The molecule has 2 nitrogen and oxygen atoms in total. The topological polar surface area (TPSA) is 36.1 Å². The van der Waals surface area contributed by atoms with Crippen molar-refractivity contribution in [3.63, 3.8) is 0 Å². The molecule has 0 aromatic heterocycles. The zero-order chi connectivity index (χ0) is 8.10. The molecule has 0 aliphatic heterocycles. The van der Waals surface area contributed by atoms with Gasteiger partial charge in [-0.05, 0) is 0 Å². The molecule has 0 radical (unpaired) electrons. The van der Waals surface area contributed by atoms with Gasteiger partial charge in [0.1, 0.15) is 0 Å². The van der Waals surface area contributed by atoms with Crippen LogP contribution in [0.4, 0.5) is 5.69 Å². The first-order chi connectivity index (χ1) is 5.38. The Morgan fingerprint density at radius 3 is 2.73 bits per heavy atom. The first-order valence-electron chi connectivity index (χ1n) is 2.95. The summed E-state index contributed by atoms with van der Waals surface area (Å²) in [4.78, 5) is 3.85. The second kappa shape index (κ2) is 3.85. The van der Waals surface area contributed by atoms with Crippen LogP contribution in [0.25, 0.3) is 0 Å². The van der Waals surface area contributed by atoms with Gasteiger partial charge in [0.15, 0.2) is 0 Å². The van der Waals surface area contributed by atoms with Crippen LogP contribution >= 0.6 is 0 Å². The van der Waals surface area contributed by atoms with E-state index in [1.165, 1.54) is 0 Å². The molecule has 0 aliphatic rings. The summed E-state index contributed by atoms with van der Waals surface area (Å²) in [6.45, 7) is 0. The van der Waals surface area contributed by atoms with Gasteiger partial charge in [-0.1, -0.05) is 0 Å². The first kappa shape index (κ1) is 7.91. The fourth-order valence-electron chi connectivity index (χ4n) is 0.715. The van der Waals surface area contributed by atoms with Crippen molar-refractivity contribution in [1.82, 2.24) is 0 Å². The molecule has 52 valence electrons. The maximum absolute atomic E-state index is 8.60. The average Bonchev–Trinajstić information content (AvgIpc) is 2.06. The summed E-state index contributed by atoms with van der Waals surface area (Å²) >= 11 is 2.52. The number of hydrogen-bond acceptors (Lipinski definition) is 2. The molecule has 0 N–H and O–H groups in total. The average molecular weight is 207 g/mol. The van der Waals surface area contributed by atoms with Crippen molar-refractivity contribution < 1.29 is 0 Å². The Morgan fingerprint density at radius 1 is 1.36 bits per heavy atom. The van der Waals surface area contributed by atoms with E-state index in [2.05, 4.69) is 25.3 Å². The molecule has 0 spiro atoms. The number of nitrogens with zero attached hydrogens (tertiary/aromatic N) is 2. The van der Waals surface area contributed by atoms with Gasteiger partial charge in [0.05, 0.1) is 0 Å². The number of para-hydroxylation sites is 1. The predicted molar refractivity (Wildman–Crippen MR) is 44.0 cm³/mol. The Morgan fingerprint density at radius 2 is 2.09 bits per heavy atom. The SMILES string of the molecule is N#Cc1ccccc1N=C=[Se]. The van der Waals surface area contributed by atoms with Gasteiger partial charge in [0, 0.05) is 0 Å². The van der Waals surface area contributed by atoms with Crippen molar-refractivity contribution in [3.05, 3.63) is 29.8 Å². The molecule has 0 fully saturated rings. The van der Waals surface area contributed by atoms with Crippen LogP contribution in [0.1, 0.15) is 5.56 Å². The number of hydrogen-bond donors (Lipinski definition) is 0. The Labute approximate surface area is 72.5 Å². The van der Waals surface area contributed by atoms with E-state index in [0.29, 0.717) is 11.3 Å². The summed E-state index contributed by atoms with van der Waals surface area (Å²) in [7, 11) is 0. The molecule has 1 rings (SSSR count). The second-order valence-electron chi connectivity index (χ2n) is 1.83. The third-order valence-electron chi connectivity index (χ3n) is 1.19. The molecule has 0 saturated carbocycles. The van der Waals surface area contributed by atoms with Crippen LogP contribution in [0.5, 0.6) is 0 Å². The summed E-state index contributed by atoms with van der Waals surface area (Å²) in [5, 5.41) is 8.60. The maximum atomic E-state index is 8.60. The molecule has 0 aliphatic carbocycles. The molecule has 0 amide bonds. The predicted octanol–water partition coefficient (Wildman–Crippen LogP) is 1.26. The van der Waals surface area contributed by atoms with Crippen molar-refractivity contribution >= 4 is 26.0 Å². The van der Waals surface area contributed by atoms with Gasteiger partial charge < -0.3 is 0 Å². The molecule has 1 aromatic carbocycles. The van der Waals surface area contributed by atoms with E-state index in [4.69, 9.17) is 5.26 Å². The zero-order valence-electron chi connectivity index (χ0n) is 5.61. The monoisotopic (exact) mass is 208 g/mol. The Hall–Kier alpha value is -1.19. The van der Waals surface area contributed by atoms with E-state index >= 15 is 0 Å². The summed E-state index contributed by atoms with van der Waals surface area (Å²) < 4.78 is 2.51. The standard InChI is InChI=1S/C8H4N2Se/c9-5-7-3-1-2-4-8(7)10-6-11/h1-4H. The van der Waals surface area contributed by atoms with Crippen LogP contribution in [0.3, 0.4) is 0 Å². The summed E-state index contributed by atoms with van der Waals surface area (Å²) in [6, 6.07) is 9.15. The van der Waals surface area contributed by atoms with E-state index in [9.17, 15) is 0 Å². The van der Waals surface area contributed by atoms with E-state index in [0.717, 1.165) is 0 Å². The molecule has 0 bridgehead atoms. The second-order valence-corrected chi connectivity index (χ2v) is 2.22. The molecule has 1 aromatic rings. The number of aliphatic imine (C=N–C) groups is 1. The molecule has 0 unspecified atom stereocenters. The molecule has 0 saturated heterocycles. The molecule has 0 atom stereocenters.